The largest absolute Gasteiger partial charge is 0.495 e. The van der Waals surface area contributed by atoms with Gasteiger partial charge in [-0.25, -0.2) is 0 Å². The van der Waals surface area contributed by atoms with Crippen molar-refractivity contribution >= 4 is 11.7 Å². The lowest BCUT2D eigenvalue weighted by molar-refractivity contribution is -0.139. The Morgan fingerprint density at radius 2 is 1.91 bits per heavy atom. The highest BCUT2D eigenvalue weighted by Crippen LogP contribution is 2.28. The third-order valence-corrected chi connectivity index (χ3v) is 3.57. The highest BCUT2D eigenvalue weighted by Gasteiger charge is 2.18. The van der Waals surface area contributed by atoms with Gasteiger partial charge < -0.3 is 14.4 Å². The fourth-order valence-corrected chi connectivity index (χ4v) is 2.39. The van der Waals surface area contributed by atoms with E-state index in [2.05, 4.69) is 27.7 Å². The van der Waals surface area contributed by atoms with Crippen molar-refractivity contribution in [3.63, 3.8) is 0 Å². The summed E-state index contributed by atoms with van der Waals surface area (Å²) < 4.78 is 10.2. The van der Waals surface area contributed by atoms with Gasteiger partial charge in [-0.1, -0.05) is 24.0 Å². The predicted octanol–water partition coefficient (Wildman–Crippen LogP) is 1.38. The third-order valence-electron chi connectivity index (χ3n) is 3.57. The Morgan fingerprint density at radius 3 is 2.59 bits per heavy atom. The van der Waals surface area contributed by atoms with E-state index in [-0.39, 0.29) is 12.6 Å². The van der Waals surface area contributed by atoms with Crippen LogP contribution in [0.2, 0.25) is 0 Å². The Hall–Kier alpha value is -2.19. The minimum absolute atomic E-state index is 0.177. The Kier molecular flexibility index (Phi) is 6.11. The van der Waals surface area contributed by atoms with Gasteiger partial charge in [-0.2, -0.15) is 0 Å². The molecule has 1 aromatic carbocycles. The summed E-state index contributed by atoms with van der Waals surface area (Å²) in [5.74, 6) is 6.52. The number of nitrogens with zero attached hydrogens (tertiary/aromatic N) is 2. The minimum atomic E-state index is -0.292. The monoisotopic (exact) mass is 302 g/mol. The SMILES string of the molecule is COc1ccccc1N1CCN(CC#CCOC(C)=O)CC1. The molecule has 0 saturated carbocycles. The van der Waals surface area contributed by atoms with Gasteiger partial charge in [0.2, 0.25) is 0 Å². The normalized spacial score (nSPS) is 14.9. The second-order valence-corrected chi connectivity index (χ2v) is 5.07. The molecule has 2 rings (SSSR count). The van der Waals surface area contributed by atoms with Crippen LogP contribution in [0.5, 0.6) is 5.75 Å². The average molecular weight is 302 g/mol. The number of anilines is 1. The molecule has 1 fully saturated rings. The lowest BCUT2D eigenvalue weighted by atomic mass is 10.2. The molecule has 1 aliphatic rings. The number of ether oxygens (including phenoxy) is 2. The molecule has 118 valence electrons. The number of hydrogen-bond acceptors (Lipinski definition) is 5. The average Bonchev–Trinajstić information content (AvgIpc) is 2.55. The van der Waals surface area contributed by atoms with Gasteiger partial charge in [-0.3, -0.25) is 9.69 Å². The van der Waals surface area contributed by atoms with Crippen LogP contribution in [0.3, 0.4) is 0 Å². The lowest BCUT2D eigenvalue weighted by Crippen LogP contribution is -2.46. The summed E-state index contributed by atoms with van der Waals surface area (Å²) in [6, 6.07) is 8.09. The molecule has 22 heavy (non-hydrogen) atoms. The van der Waals surface area contributed by atoms with Crippen LogP contribution in [0.15, 0.2) is 24.3 Å². The molecule has 5 heteroatoms. The molecule has 0 aromatic heterocycles. The zero-order valence-corrected chi connectivity index (χ0v) is 13.2. The molecule has 1 saturated heterocycles. The number of benzene rings is 1. The van der Waals surface area contributed by atoms with Crippen molar-refractivity contribution in [3.05, 3.63) is 24.3 Å². The van der Waals surface area contributed by atoms with Gasteiger partial charge in [-0.05, 0) is 12.1 Å². The summed E-state index contributed by atoms with van der Waals surface area (Å²) in [5.41, 5.74) is 1.14. The van der Waals surface area contributed by atoms with Gasteiger partial charge in [0.1, 0.15) is 5.75 Å². The van der Waals surface area contributed by atoms with E-state index in [1.807, 2.05) is 18.2 Å². The molecule has 1 aromatic rings. The second kappa shape index (κ2) is 8.30. The summed E-state index contributed by atoms with van der Waals surface area (Å²) >= 11 is 0. The molecule has 0 bridgehead atoms. The first-order valence-corrected chi connectivity index (χ1v) is 7.40. The number of hydrogen-bond donors (Lipinski definition) is 0. The van der Waals surface area contributed by atoms with Gasteiger partial charge >= 0.3 is 5.97 Å². The molecule has 0 spiro atoms. The number of methoxy groups -OCH3 is 1. The van der Waals surface area contributed by atoms with Gasteiger partial charge in [0.25, 0.3) is 0 Å². The molecular formula is C17H22N2O3. The van der Waals surface area contributed by atoms with Crippen LogP contribution in [-0.2, 0) is 9.53 Å². The van der Waals surface area contributed by atoms with Gasteiger partial charge in [0.05, 0.1) is 19.3 Å². The van der Waals surface area contributed by atoms with Crippen LogP contribution in [0.4, 0.5) is 5.69 Å². The summed E-state index contributed by atoms with van der Waals surface area (Å²) in [7, 11) is 1.70. The maximum Gasteiger partial charge on any atom is 0.303 e. The Morgan fingerprint density at radius 1 is 1.18 bits per heavy atom. The molecule has 5 nitrogen and oxygen atoms in total. The number of carbonyl (C=O) groups is 1. The van der Waals surface area contributed by atoms with Crippen LogP contribution in [-0.4, -0.2) is 57.3 Å². The third kappa shape index (κ3) is 4.68. The quantitative estimate of drug-likeness (QED) is 0.621. The summed E-state index contributed by atoms with van der Waals surface area (Å²) in [4.78, 5) is 15.2. The van der Waals surface area contributed by atoms with E-state index in [0.29, 0.717) is 6.54 Å². The second-order valence-electron chi connectivity index (χ2n) is 5.07. The first kappa shape index (κ1) is 16.2. The van der Waals surface area contributed by atoms with E-state index >= 15 is 0 Å². The number of carbonyl (C=O) groups excluding carboxylic acids is 1. The van der Waals surface area contributed by atoms with Crippen LogP contribution in [0.1, 0.15) is 6.92 Å². The van der Waals surface area contributed by atoms with Crippen LogP contribution in [0, 0.1) is 11.8 Å². The maximum atomic E-state index is 10.6. The fraction of sp³-hybridized carbons (Fsp3) is 0.471. The Balaban J connectivity index is 1.79. The predicted molar refractivity (Wildman–Crippen MR) is 86.1 cm³/mol. The summed E-state index contributed by atoms with van der Waals surface area (Å²) in [6.07, 6.45) is 0. The Labute approximate surface area is 131 Å². The number of esters is 1. The summed E-state index contributed by atoms with van der Waals surface area (Å²) in [5, 5.41) is 0. The van der Waals surface area contributed by atoms with E-state index in [4.69, 9.17) is 9.47 Å². The van der Waals surface area contributed by atoms with E-state index in [1.165, 1.54) is 6.92 Å². The maximum absolute atomic E-state index is 10.6. The highest BCUT2D eigenvalue weighted by atomic mass is 16.5. The summed E-state index contributed by atoms with van der Waals surface area (Å²) in [6.45, 7) is 6.09. The fourth-order valence-electron chi connectivity index (χ4n) is 2.39. The first-order valence-electron chi connectivity index (χ1n) is 7.40. The van der Waals surface area contributed by atoms with Crippen molar-refractivity contribution in [1.29, 1.82) is 0 Å². The molecule has 0 N–H and O–H groups in total. The van der Waals surface area contributed by atoms with E-state index in [1.54, 1.807) is 7.11 Å². The van der Waals surface area contributed by atoms with Crippen molar-refractivity contribution in [2.45, 2.75) is 6.92 Å². The lowest BCUT2D eigenvalue weighted by Gasteiger charge is -2.35. The van der Waals surface area contributed by atoms with Gasteiger partial charge in [0, 0.05) is 33.1 Å². The van der Waals surface area contributed by atoms with Crippen molar-refractivity contribution in [3.8, 4) is 17.6 Å². The van der Waals surface area contributed by atoms with Crippen LogP contribution < -0.4 is 9.64 Å². The molecule has 1 aliphatic heterocycles. The molecule has 0 aliphatic carbocycles. The zero-order chi connectivity index (χ0) is 15.8. The van der Waals surface area contributed by atoms with Crippen LogP contribution in [0.25, 0.3) is 0 Å². The number of piperazine rings is 1. The van der Waals surface area contributed by atoms with Gasteiger partial charge in [-0.15, -0.1) is 0 Å². The molecule has 1 heterocycles. The highest BCUT2D eigenvalue weighted by molar-refractivity contribution is 5.66. The first-order chi connectivity index (χ1) is 10.7. The molecule has 0 radical (unpaired) electrons. The van der Waals surface area contributed by atoms with E-state index in [9.17, 15) is 4.79 Å². The van der Waals surface area contributed by atoms with Crippen molar-refractivity contribution in [2.75, 3.05) is 51.3 Å². The topological polar surface area (TPSA) is 42.0 Å². The van der Waals surface area contributed by atoms with E-state index < -0.39 is 0 Å². The minimum Gasteiger partial charge on any atom is -0.495 e. The molecule has 0 amide bonds. The van der Waals surface area contributed by atoms with Crippen molar-refractivity contribution < 1.29 is 14.3 Å². The van der Waals surface area contributed by atoms with Crippen molar-refractivity contribution in [2.24, 2.45) is 0 Å². The molecular weight excluding hydrogens is 280 g/mol. The smallest absolute Gasteiger partial charge is 0.303 e. The molecule has 0 unspecified atom stereocenters. The number of rotatable bonds is 4. The number of para-hydroxylation sites is 2. The van der Waals surface area contributed by atoms with Crippen molar-refractivity contribution in [1.82, 2.24) is 4.90 Å². The zero-order valence-electron chi connectivity index (χ0n) is 13.2. The standard InChI is InChI=1S/C17H22N2O3/c1-15(20)22-14-6-5-9-18-10-12-19(13-11-18)16-7-3-4-8-17(16)21-2/h3-4,7-8H,9-14H2,1-2H3. The Bertz CT molecular complexity index is 555. The van der Waals surface area contributed by atoms with Crippen LogP contribution >= 0.6 is 0 Å². The van der Waals surface area contributed by atoms with Gasteiger partial charge in [0.15, 0.2) is 6.61 Å². The van der Waals surface area contributed by atoms with E-state index in [0.717, 1.165) is 37.6 Å². The molecule has 0 atom stereocenters.